The molecule has 1 heterocycles. The van der Waals surface area contributed by atoms with Crippen molar-refractivity contribution in [3.05, 3.63) is 22.4 Å². The summed E-state index contributed by atoms with van der Waals surface area (Å²) in [5.74, 6) is 0.741. The maximum Gasteiger partial charge on any atom is 0.343 e. The zero-order chi connectivity index (χ0) is 8.55. The van der Waals surface area contributed by atoms with Crippen molar-refractivity contribution < 1.29 is 0 Å². The van der Waals surface area contributed by atoms with Gasteiger partial charge in [0.2, 0.25) is 0 Å². The fourth-order valence-electron chi connectivity index (χ4n) is 1.27. The highest BCUT2D eigenvalue weighted by atomic mass is 16.1. The number of rotatable bonds is 2. The summed E-state index contributed by atoms with van der Waals surface area (Å²) in [6.45, 7) is 1.91. The first-order chi connectivity index (χ1) is 5.83. The Kier molecular flexibility index (Phi) is 1.60. The Morgan fingerprint density at radius 1 is 1.67 bits per heavy atom. The molecule has 2 rings (SSSR count). The fourth-order valence-corrected chi connectivity index (χ4v) is 1.27. The van der Waals surface area contributed by atoms with Gasteiger partial charge in [-0.3, -0.25) is 4.57 Å². The van der Waals surface area contributed by atoms with Gasteiger partial charge >= 0.3 is 5.69 Å². The summed E-state index contributed by atoms with van der Waals surface area (Å²) in [5, 5.41) is 6.35. The minimum atomic E-state index is -0.0920. The van der Waals surface area contributed by atoms with E-state index in [2.05, 4.69) is 10.2 Å². The Bertz CT molecular complexity index is 357. The third-order valence-corrected chi connectivity index (χ3v) is 1.96. The highest BCUT2D eigenvalue weighted by molar-refractivity contribution is 5.39. The van der Waals surface area contributed by atoms with Crippen LogP contribution in [0.15, 0.2) is 10.9 Å². The SMILES string of the molecule is C/C=C/c1n[nH]c(=O)n1C1CC1. The summed E-state index contributed by atoms with van der Waals surface area (Å²) in [7, 11) is 0. The first kappa shape index (κ1) is 7.34. The van der Waals surface area contributed by atoms with E-state index in [-0.39, 0.29) is 5.69 Å². The van der Waals surface area contributed by atoms with Crippen LogP contribution in [-0.4, -0.2) is 14.8 Å². The molecule has 0 bridgehead atoms. The second-order valence-electron chi connectivity index (χ2n) is 2.99. The van der Waals surface area contributed by atoms with Crippen molar-refractivity contribution in [2.24, 2.45) is 0 Å². The maximum atomic E-state index is 11.2. The highest BCUT2D eigenvalue weighted by Crippen LogP contribution is 2.34. The second-order valence-corrected chi connectivity index (χ2v) is 2.99. The fraction of sp³-hybridized carbons (Fsp3) is 0.500. The van der Waals surface area contributed by atoms with Crippen LogP contribution in [0.25, 0.3) is 6.08 Å². The minimum absolute atomic E-state index is 0.0920. The van der Waals surface area contributed by atoms with Gasteiger partial charge in [0.15, 0.2) is 5.82 Å². The molecule has 1 N–H and O–H groups in total. The van der Waals surface area contributed by atoms with Gasteiger partial charge in [-0.15, -0.1) is 0 Å². The smallest absolute Gasteiger partial charge is 0.273 e. The van der Waals surface area contributed by atoms with Crippen molar-refractivity contribution in [1.82, 2.24) is 14.8 Å². The van der Waals surface area contributed by atoms with E-state index in [1.165, 1.54) is 0 Å². The molecule has 0 saturated heterocycles. The third-order valence-electron chi connectivity index (χ3n) is 1.96. The van der Waals surface area contributed by atoms with Crippen molar-refractivity contribution in [3.63, 3.8) is 0 Å². The molecular formula is C8H11N3O. The standard InChI is InChI=1S/C8H11N3O/c1-2-3-7-9-10-8(12)11(7)6-4-5-6/h2-3,6H,4-5H2,1H3,(H,10,12)/b3-2+. The van der Waals surface area contributed by atoms with Gasteiger partial charge in [-0.05, 0) is 25.8 Å². The summed E-state index contributed by atoms with van der Waals surface area (Å²) in [6, 6.07) is 0.391. The second kappa shape index (κ2) is 2.62. The van der Waals surface area contributed by atoms with Crippen molar-refractivity contribution in [3.8, 4) is 0 Å². The van der Waals surface area contributed by atoms with Crippen LogP contribution in [0.5, 0.6) is 0 Å². The number of H-pyrrole nitrogens is 1. The van der Waals surface area contributed by atoms with Crippen LogP contribution >= 0.6 is 0 Å². The number of aromatic amines is 1. The molecule has 0 aromatic carbocycles. The molecule has 1 aliphatic rings. The van der Waals surface area contributed by atoms with Gasteiger partial charge < -0.3 is 0 Å². The van der Waals surface area contributed by atoms with Crippen LogP contribution in [0, 0.1) is 0 Å². The monoisotopic (exact) mass is 165 g/mol. The van der Waals surface area contributed by atoms with Crippen molar-refractivity contribution >= 4 is 6.08 Å². The van der Waals surface area contributed by atoms with Crippen molar-refractivity contribution in [1.29, 1.82) is 0 Å². The van der Waals surface area contributed by atoms with Gasteiger partial charge in [-0.25, -0.2) is 9.89 Å². The number of hydrogen-bond donors (Lipinski definition) is 1. The average Bonchev–Trinajstić information content (AvgIpc) is 2.80. The van der Waals surface area contributed by atoms with E-state index in [0.29, 0.717) is 6.04 Å². The first-order valence-electron chi connectivity index (χ1n) is 4.12. The molecule has 1 aliphatic carbocycles. The molecule has 1 saturated carbocycles. The molecule has 4 nitrogen and oxygen atoms in total. The summed E-state index contributed by atoms with van der Waals surface area (Å²) in [4.78, 5) is 11.2. The molecule has 0 aliphatic heterocycles. The maximum absolute atomic E-state index is 11.2. The minimum Gasteiger partial charge on any atom is -0.273 e. The molecule has 4 heteroatoms. The zero-order valence-electron chi connectivity index (χ0n) is 6.95. The van der Waals surface area contributed by atoms with Gasteiger partial charge in [-0.1, -0.05) is 6.08 Å². The lowest BCUT2D eigenvalue weighted by atomic mass is 10.5. The Morgan fingerprint density at radius 2 is 2.42 bits per heavy atom. The predicted molar refractivity (Wildman–Crippen MR) is 45.8 cm³/mol. The lowest BCUT2D eigenvalue weighted by Gasteiger charge is -1.96. The van der Waals surface area contributed by atoms with E-state index in [0.717, 1.165) is 18.7 Å². The van der Waals surface area contributed by atoms with Crippen LogP contribution in [0.1, 0.15) is 31.6 Å². The first-order valence-corrected chi connectivity index (χ1v) is 4.12. The number of allylic oxidation sites excluding steroid dienone is 1. The molecule has 0 amide bonds. The summed E-state index contributed by atoms with van der Waals surface area (Å²) in [5.41, 5.74) is -0.0920. The Morgan fingerprint density at radius 3 is 3.00 bits per heavy atom. The Balaban J connectivity index is 2.46. The number of nitrogens with zero attached hydrogens (tertiary/aromatic N) is 2. The van der Waals surface area contributed by atoms with Gasteiger partial charge in [0.25, 0.3) is 0 Å². The van der Waals surface area contributed by atoms with E-state index in [1.807, 2.05) is 19.1 Å². The summed E-state index contributed by atoms with van der Waals surface area (Å²) < 4.78 is 1.72. The summed E-state index contributed by atoms with van der Waals surface area (Å²) >= 11 is 0. The third kappa shape index (κ3) is 1.09. The number of hydrogen-bond acceptors (Lipinski definition) is 2. The molecular weight excluding hydrogens is 154 g/mol. The molecule has 1 aromatic rings. The lowest BCUT2D eigenvalue weighted by Crippen LogP contribution is -2.16. The highest BCUT2D eigenvalue weighted by Gasteiger charge is 2.27. The van der Waals surface area contributed by atoms with Crippen molar-refractivity contribution in [2.75, 3.05) is 0 Å². The molecule has 12 heavy (non-hydrogen) atoms. The molecule has 0 unspecified atom stereocenters. The van der Waals surface area contributed by atoms with Crippen LogP contribution in [-0.2, 0) is 0 Å². The van der Waals surface area contributed by atoms with Gasteiger partial charge in [0.1, 0.15) is 0 Å². The quantitative estimate of drug-likeness (QED) is 0.709. The topological polar surface area (TPSA) is 50.7 Å². The Hall–Kier alpha value is -1.32. The van der Waals surface area contributed by atoms with E-state index in [1.54, 1.807) is 4.57 Å². The van der Waals surface area contributed by atoms with Crippen molar-refractivity contribution in [2.45, 2.75) is 25.8 Å². The van der Waals surface area contributed by atoms with Crippen LogP contribution in [0.2, 0.25) is 0 Å². The average molecular weight is 165 g/mol. The molecule has 0 spiro atoms. The lowest BCUT2D eigenvalue weighted by molar-refractivity contribution is 0.702. The number of aromatic nitrogens is 3. The van der Waals surface area contributed by atoms with E-state index in [4.69, 9.17) is 0 Å². The van der Waals surface area contributed by atoms with Crippen LogP contribution in [0.4, 0.5) is 0 Å². The molecule has 0 radical (unpaired) electrons. The van der Waals surface area contributed by atoms with Gasteiger partial charge in [0, 0.05) is 6.04 Å². The van der Waals surface area contributed by atoms with E-state index < -0.39 is 0 Å². The van der Waals surface area contributed by atoms with E-state index >= 15 is 0 Å². The molecule has 1 fully saturated rings. The van der Waals surface area contributed by atoms with Gasteiger partial charge in [-0.2, -0.15) is 5.10 Å². The number of nitrogens with one attached hydrogen (secondary N) is 1. The Labute approximate surface area is 69.9 Å². The normalized spacial score (nSPS) is 17.4. The molecule has 64 valence electrons. The zero-order valence-corrected chi connectivity index (χ0v) is 6.95. The van der Waals surface area contributed by atoms with Crippen LogP contribution in [0.3, 0.4) is 0 Å². The summed E-state index contributed by atoms with van der Waals surface area (Å²) in [6.07, 6.45) is 5.93. The molecule has 0 atom stereocenters. The van der Waals surface area contributed by atoms with Crippen LogP contribution < -0.4 is 5.69 Å². The molecule has 1 aromatic heterocycles. The van der Waals surface area contributed by atoms with Gasteiger partial charge in [0.05, 0.1) is 0 Å². The largest absolute Gasteiger partial charge is 0.343 e. The van der Waals surface area contributed by atoms with E-state index in [9.17, 15) is 4.79 Å². The predicted octanol–water partition coefficient (Wildman–Crippen LogP) is 0.939.